The fourth-order valence-corrected chi connectivity index (χ4v) is 5.07. The summed E-state index contributed by atoms with van der Waals surface area (Å²) < 4.78 is 6.85. The summed E-state index contributed by atoms with van der Waals surface area (Å²) in [5, 5.41) is 3.63. The van der Waals surface area contributed by atoms with Crippen molar-refractivity contribution in [3.63, 3.8) is 0 Å². The number of aryl methyl sites for hydroxylation is 1. The summed E-state index contributed by atoms with van der Waals surface area (Å²) in [5.74, 6) is 0.781. The van der Waals surface area contributed by atoms with Crippen molar-refractivity contribution in [3.8, 4) is 11.1 Å². The monoisotopic (exact) mass is 486 g/mol. The zero-order chi connectivity index (χ0) is 25.7. The van der Waals surface area contributed by atoms with Crippen LogP contribution in [-0.4, -0.2) is 24.2 Å². The van der Waals surface area contributed by atoms with Crippen LogP contribution < -0.4 is 10.9 Å². The van der Waals surface area contributed by atoms with Gasteiger partial charge < -0.3 is 14.6 Å². The van der Waals surface area contributed by atoms with E-state index in [1.807, 2.05) is 12.3 Å². The van der Waals surface area contributed by atoms with Crippen LogP contribution in [0.5, 0.6) is 0 Å². The zero-order valence-electron chi connectivity index (χ0n) is 21.9. The van der Waals surface area contributed by atoms with E-state index in [1.165, 1.54) is 42.2 Å². The molecular weight excluding hydrogens is 448 g/mol. The van der Waals surface area contributed by atoms with E-state index in [2.05, 4.69) is 68.6 Å². The van der Waals surface area contributed by atoms with Crippen LogP contribution in [0.2, 0.25) is 0 Å². The van der Waals surface area contributed by atoms with Crippen LogP contribution in [0.15, 0.2) is 71.7 Å². The molecule has 1 unspecified atom stereocenters. The van der Waals surface area contributed by atoms with Crippen molar-refractivity contribution in [1.29, 1.82) is 0 Å². The van der Waals surface area contributed by atoms with Crippen LogP contribution in [0.1, 0.15) is 74.2 Å². The highest BCUT2D eigenvalue weighted by Crippen LogP contribution is 2.45. The average molecular weight is 487 g/mol. The standard InChI is InChI=1S/C31H38N2O3/c1-21(2)17-25(33-16-8-7-11-30(33)34)20-32-29(19-31(35)36-4)24-14-15-27(23-12-13-23)28(18-24)26-10-6-5-9-22(26)3/h5-11,14-16,18,21,23,25,29,32H,12-13,17,19-20H2,1-4H3/t25-,29?/m0/s1. The number of hydrogen-bond acceptors (Lipinski definition) is 4. The summed E-state index contributed by atoms with van der Waals surface area (Å²) >= 11 is 0. The van der Waals surface area contributed by atoms with Gasteiger partial charge in [-0.1, -0.05) is 56.3 Å². The molecule has 1 fully saturated rings. The molecule has 1 N–H and O–H groups in total. The number of esters is 1. The molecule has 0 saturated heterocycles. The Bertz CT molecular complexity index is 1240. The predicted molar refractivity (Wildman–Crippen MR) is 145 cm³/mol. The van der Waals surface area contributed by atoms with Gasteiger partial charge in [0, 0.05) is 30.9 Å². The summed E-state index contributed by atoms with van der Waals surface area (Å²) in [4.78, 5) is 25.0. The van der Waals surface area contributed by atoms with Crippen LogP contribution in [0.3, 0.4) is 0 Å². The maximum Gasteiger partial charge on any atom is 0.307 e. The van der Waals surface area contributed by atoms with Gasteiger partial charge in [-0.05, 0) is 78.0 Å². The highest BCUT2D eigenvalue weighted by atomic mass is 16.5. The molecule has 1 aliphatic carbocycles. The highest BCUT2D eigenvalue weighted by Gasteiger charge is 2.28. The SMILES string of the molecule is COC(=O)CC(NC[C@H](CC(C)C)n1ccccc1=O)c1ccc(C2CC2)c(-c2ccccc2C)c1. The van der Waals surface area contributed by atoms with Gasteiger partial charge >= 0.3 is 5.97 Å². The van der Waals surface area contributed by atoms with Crippen LogP contribution in [0.25, 0.3) is 11.1 Å². The molecule has 190 valence electrons. The Morgan fingerprint density at radius 3 is 2.47 bits per heavy atom. The number of rotatable bonds is 11. The van der Waals surface area contributed by atoms with Crippen molar-refractivity contribution >= 4 is 5.97 Å². The lowest BCUT2D eigenvalue weighted by Gasteiger charge is -2.26. The average Bonchev–Trinajstić information content (AvgIpc) is 3.71. The Morgan fingerprint density at radius 1 is 1.06 bits per heavy atom. The molecule has 1 aromatic heterocycles. The van der Waals surface area contributed by atoms with Crippen LogP contribution in [0.4, 0.5) is 0 Å². The van der Waals surface area contributed by atoms with Crippen LogP contribution in [0, 0.1) is 12.8 Å². The maximum absolute atomic E-state index is 12.6. The fourth-order valence-electron chi connectivity index (χ4n) is 5.07. The number of carbonyl (C=O) groups is 1. The number of methoxy groups -OCH3 is 1. The van der Waals surface area contributed by atoms with Gasteiger partial charge in [-0.15, -0.1) is 0 Å². The Labute approximate surface area is 214 Å². The summed E-state index contributed by atoms with van der Waals surface area (Å²) in [6.45, 7) is 7.06. The first-order chi connectivity index (χ1) is 17.4. The number of hydrogen-bond donors (Lipinski definition) is 1. The molecule has 0 spiro atoms. The first kappa shape index (κ1) is 25.9. The molecule has 2 atom stereocenters. The second kappa shape index (κ2) is 11.7. The minimum Gasteiger partial charge on any atom is -0.469 e. The molecule has 1 saturated carbocycles. The quantitative estimate of drug-likeness (QED) is 0.329. The van der Waals surface area contributed by atoms with Gasteiger partial charge in [0.2, 0.25) is 0 Å². The van der Waals surface area contributed by atoms with Crippen molar-refractivity contribution in [3.05, 3.63) is 93.9 Å². The first-order valence-electron chi connectivity index (χ1n) is 13.0. The van der Waals surface area contributed by atoms with E-state index >= 15 is 0 Å². The van der Waals surface area contributed by atoms with Crippen LogP contribution in [-0.2, 0) is 9.53 Å². The van der Waals surface area contributed by atoms with Crippen molar-refractivity contribution in [1.82, 2.24) is 9.88 Å². The third kappa shape index (κ3) is 6.33. The van der Waals surface area contributed by atoms with E-state index in [4.69, 9.17) is 4.74 Å². The molecule has 2 aromatic carbocycles. The minimum atomic E-state index is -0.256. The fraction of sp³-hybridized carbons (Fsp3) is 0.419. The van der Waals surface area contributed by atoms with Gasteiger partial charge in [0.25, 0.3) is 5.56 Å². The number of carbonyl (C=O) groups excluding carboxylic acids is 1. The maximum atomic E-state index is 12.6. The zero-order valence-corrected chi connectivity index (χ0v) is 21.9. The molecule has 0 bridgehead atoms. The Balaban J connectivity index is 1.67. The lowest BCUT2D eigenvalue weighted by molar-refractivity contribution is -0.141. The Hall–Kier alpha value is -3.18. The van der Waals surface area contributed by atoms with Gasteiger partial charge in [-0.2, -0.15) is 0 Å². The Morgan fingerprint density at radius 2 is 1.81 bits per heavy atom. The van der Waals surface area contributed by atoms with Gasteiger partial charge in [-0.3, -0.25) is 9.59 Å². The van der Waals surface area contributed by atoms with E-state index in [0.717, 1.165) is 12.0 Å². The van der Waals surface area contributed by atoms with Crippen molar-refractivity contribution in [2.75, 3.05) is 13.7 Å². The smallest absolute Gasteiger partial charge is 0.307 e. The molecule has 4 rings (SSSR count). The molecule has 36 heavy (non-hydrogen) atoms. The minimum absolute atomic E-state index is 0.00917. The molecular formula is C31H38N2O3. The lowest BCUT2D eigenvalue weighted by atomic mass is 9.90. The van der Waals surface area contributed by atoms with Crippen molar-refractivity contribution in [2.45, 2.75) is 64.5 Å². The van der Waals surface area contributed by atoms with E-state index in [9.17, 15) is 9.59 Å². The third-order valence-electron chi connectivity index (χ3n) is 7.12. The molecule has 0 amide bonds. The number of ether oxygens (including phenoxy) is 1. The largest absolute Gasteiger partial charge is 0.469 e. The molecule has 5 heteroatoms. The van der Waals surface area contributed by atoms with E-state index in [-0.39, 0.29) is 30.0 Å². The normalized spacial score (nSPS) is 15.0. The van der Waals surface area contributed by atoms with E-state index in [0.29, 0.717) is 18.4 Å². The summed E-state index contributed by atoms with van der Waals surface area (Å²) in [5.41, 5.74) is 6.18. The predicted octanol–water partition coefficient (Wildman–Crippen LogP) is 6.18. The van der Waals surface area contributed by atoms with Gasteiger partial charge in [0.05, 0.1) is 13.5 Å². The molecule has 1 heterocycles. The highest BCUT2D eigenvalue weighted by molar-refractivity contribution is 5.74. The van der Waals surface area contributed by atoms with Crippen molar-refractivity contribution in [2.24, 2.45) is 5.92 Å². The summed E-state index contributed by atoms with van der Waals surface area (Å²) in [6, 6.07) is 20.2. The number of benzene rings is 2. The molecule has 1 aliphatic rings. The third-order valence-corrected chi connectivity index (χ3v) is 7.12. The number of nitrogens with one attached hydrogen (secondary N) is 1. The van der Waals surface area contributed by atoms with E-state index < -0.39 is 0 Å². The van der Waals surface area contributed by atoms with Gasteiger partial charge in [0.15, 0.2) is 0 Å². The topological polar surface area (TPSA) is 60.3 Å². The molecule has 5 nitrogen and oxygen atoms in total. The molecule has 0 aliphatic heterocycles. The second-order valence-electron chi connectivity index (χ2n) is 10.4. The van der Waals surface area contributed by atoms with E-state index in [1.54, 1.807) is 16.7 Å². The summed E-state index contributed by atoms with van der Waals surface area (Å²) in [6.07, 6.45) is 5.39. The van der Waals surface area contributed by atoms with Crippen molar-refractivity contribution < 1.29 is 9.53 Å². The number of pyridine rings is 1. The Kier molecular flexibility index (Phi) is 8.42. The summed E-state index contributed by atoms with van der Waals surface area (Å²) in [7, 11) is 1.43. The molecule has 3 aromatic rings. The molecule has 0 radical (unpaired) electrons. The lowest BCUT2D eigenvalue weighted by Crippen LogP contribution is -2.35. The number of nitrogens with zero attached hydrogens (tertiary/aromatic N) is 1. The van der Waals surface area contributed by atoms with Crippen LogP contribution >= 0.6 is 0 Å². The van der Waals surface area contributed by atoms with Gasteiger partial charge in [0.1, 0.15) is 0 Å². The second-order valence-corrected chi connectivity index (χ2v) is 10.4. The number of aromatic nitrogens is 1. The first-order valence-corrected chi connectivity index (χ1v) is 13.0. The van der Waals surface area contributed by atoms with Gasteiger partial charge in [-0.25, -0.2) is 0 Å².